The maximum Gasteiger partial charge on any atom is 0.256 e. The summed E-state index contributed by atoms with van der Waals surface area (Å²) in [7, 11) is 0. The molecule has 1 amide bonds. The highest BCUT2D eigenvalue weighted by molar-refractivity contribution is 6.30. The zero-order valence-corrected chi connectivity index (χ0v) is 14.3. The average Bonchev–Trinajstić information content (AvgIpc) is 2.63. The van der Waals surface area contributed by atoms with Gasteiger partial charge in [0.15, 0.2) is 0 Å². The number of piperidine rings is 1. The van der Waals surface area contributed by atoms with Crippen molar-refractivity contribution in [1.82, 2.24) is 4.90 Å². The third-order valence-corrected chi connectivity index (χ3v) is 4.58. The second-order valence-corrected chi connectivity index (χ2v) is 6.43. The van der Waals surface area contributed by atoms with E-state index in [1.807, 2.05) is 0 Å². The van der Waals surface area contributed by atoms with Crippen LogP contribution in [0.1, 0.15) is 28.8 Å². The van der Waals surface area contributed by atoms with Gasteiger partial charge >= 0.3 is 0 Å². The minimum atomic E-state index is -0.493. The molecule has 0 bridgehead atoms. The van der Waals surface area contributed by atoms with Gasteiger partial charge in [0.1, 0.15) is 11.9 Å². The summed E-state index contributed by atoms with van der Waals surface area (Å²) in [6.45, 7) is 1.08. The molecule has 0 atom stereocenters. The minimum absolute atomic E-state index is 0.110. The lowest BCUT2D eigenvalue weighted by atomic mass is 10.0. The topological polar surface area (TPSA) is 56.1 Å². The predicted octanol–water partition coefficient (Wildman–Crippen LogP) is 4.07. The first-order valence-electron chi connectivity index (χ1n) is 8.08. The quantitative estimate of drug-likeness (QED) is 0.900. The number of amides is 1. The Morgan fingerprint density at radius 1 is 1.24 bits per heavy atom. The molecular weight excluding hydrogens is 341 g/mol. The van der Waals surface area contributed by atoms with Gasteiger partial charge in [0, 0.05) is 24.2 Å². The van der Waals surface area contributed by atoms with Crippen molar-refractivity contribution < 1.29 is 9.18 Å². The first kappa shape index (κ1) is 17.2. The molecule has 2 aromatic carbocycles. The third kappa shape index (κ3) is 3.92. The largest absolute Gasteiger partial charge is 0.381 e. The number of hydrogen-bond acceptors (Lipinski definition) is 3. The fourth-order valence-corrected chi connectivity index (χ4v) is 3.16. The normalized spacial score (nSPS) is 14.8. The molecule has 4 nitrogen and oxygen atoms in total. The zero-order valence-electron chi connectivity index (χ0n) is 13.5. The highest BCUT2D eigenvalue weighted by Crippen LogP contribution is 2.24. The van der Waals surface area contributed by atoms with Crippen LogP contribution in [0.3, 0.4) is 0 Å². The van der Waals surface area contributed by atoms with Crippen molar-refractivity contribution in [2.24, 2.45) is 0 Å². The Morgan fingerprint density at radius 2 is 1.96 bits per heavy atom. The van der Waals surface area contributed by atoms with Crippen molar-refractivity contribution in [2.45, 2.75) is 18.9 Å². The number of hydrogen-bond donors (Lipinski definition) is 1. The molecule has 128 valence electrons. The zero-order chi connectivity index (χ0) is 17.8. The maximum absolute atomic E-state index is 13.8. The lowest BCUT2D eigenvalue weighted by Crippen LogP contribution is -2.42. The molecule has 1 aliphatic heterocycles. The summed E-state index contributed by atoms with van der Waals surface area (Å²) in [5.74, 6) is -0.770. The number of benzene rings is 2. The van der Waals surface area contributed by atoms with Crippen LogP contribution in [0.5, 0.6) is 0 Å². The molecule has 1 N–H and O–H groups in total. The van der Waals surface area contributed by atoms with Crippen molar-refractivity contribution in [3.05, 3.63) is 64.4 Å². The smallest absolute Gasteiger partial charge is 0.256 e. The molecule has 0 saturated carbocycles. The standard InChI is InChI=1S/C19H17ClFN3O/c20-14-5-6-18(13(11-14)12-22)23-15-7-9-24(10-8-15)19(25)16-3-1-2-4-17(16)21/h1-6,11,15,23H,7-10H2. The Morgan fingerprint density at radius 3 is 2.64 bits per heavy atom. The van der Waals surface area contributed by atoms with E-state index in [9.17, 15) is 14.4 Å². The molecule has 0 aromatic heterocycles. The molecule has 0 radical (unpaired) electrons. The maximum atomic E-state index is 13.8. The van der Waals surface area contributed by atoms with Crippen LogP contribution < -0.4 is 5.32 Å². The molecule has 1 saturated heterocycles. The predicted molar refractivity (Wildman–Crippen MR) is 95.1 cm³/mol. The molecule has 6 heteroatoms. The summed E-state index contributed by atoms with van der Waals surface area (Å²) >= 11 is 5.91. The van der Waals surface area contributed by atoms with Crippen LogP contribution in [0.2, 0.25) is 5.02 Å². The number of rotatable bonds is 3. The Labute approximate surface area is 150 Å². The summed E-state index contributed by atoms with van der Waals surface area (Å²) in [5, 5.41) is 13.1. The van der Waals surface area contributed by atoms with Crippen molar-refractivity contribution in [2.75, 3.05) is 18.4 Å². The van der Waals surface area contributed by atoms with Gasteiger partial charge in [-0.25, -0.2) is 4.39 Å². The summed E-state index contributed by atoms with van der Waals surface area (Å²) in [6.07, 6.45) is 1.46. The van der Waals surface area contributed by atoms with Crippen LogP contribution >= 0.6 is 11.6 Å². The minimum Gasteiger partial charge on any atom is -0.381 e. The van der Waals surface area contributed by atoms with Gasteiger partial charge in [-0.2, -0.15) is 5.26 Å². The monoisotopic (exact) mass is 357 g/mol. The van der Waals surface area contributed by atoms with Gasteiger partial charge in [0.25, 0.3) is 5.91 Å². The summed E-state index contributed by atoms with van der Waals surface area (Å²) in [5.41, 5.74) is 1.35. The van der Waals surface area contributed by atoms with Crippen LogP contribution in [0.4, 0.5) is 10.1 Å². The van der Waals surface area contributed by atoms with Crippen LogP contribution in [-0.2, 0) is 0 Å². The summed E-state index contributed by atoms with van der Waals surface area (Å²) in [6, 6.07) is 13.5. The fraction of sp³-hybridized carbons (Fsp3) is 0.263. The first-order chi connectivity index (χ1) is 12.1. The highest BCUT2D eigenvalue weighted by Gasteiger charge is 2.25. The van der Waals surface area contributed by atoms with Gasteiger partial charge in [-0.1, -0.05) is 23.7 Å². The lowest BCUT2D eigenvalue weighted by Gasteiger charge is -2.33. The Bertz CT molecular complexity index is 826. The van der Waals surface area contributed by atoms with E-state index < -0.39 is 5.82 Å². The Balaban J connectivity index is 1.62. The van der Waals surface area contributed by atoms with E-state index in [2.05, 4.69) is 11.4 Å². The molecule has 1 heterocycles. The first-order valence-corrected chi connectivity index (χ1v) is 8.46. The van der Waals surface area contributed by atoms with Gasteiger partial charge in [0.05, 0.1) is 16.8 Å². The van der Waals surface area contributed by atoms with Gasteiger partial charge in [0.2, 0.25) is 0 Å². The molecule has 0 aliphatic carbocycles. The number of anilines is 1. The van der Waals surface area contributed by atoms with E-state index in [1.165, 1.54) is 12.1 Å². The van der Waals surface area contributed by atoms with Crippen molar-refractivity contribution in [3.63, 3.8) is 0 Å². The van der Waals surface area contributed by atoms with Crippen molar-refractivity contribution >= 4 is 23.2 Å². The van der Waals surface area contributed by atoms with E-state index in [0.29, 0.717) is 23.7 Å². The molecule has 2 aromatic rings. The number of nitrogens with zero attached hydrogens (tertiary/aromatic N) is 2. The van der Waals surface area contributed by atoms with E-state index in [-0.39, 0.29) is 17.5 Å². The van der Waals surface area contributed by atoms with E-state index in [4.69, 9.17) is 11.6 Å². The van der Waals surface area contributed by atoms with Gasteiger partial charge in [-0.05, 0) is 43.2 Å². The number of halogens is 2. The SMILES string of the molecule is N#Cc1cc(Cl)ccc1NC1CCN(C(=O)c2ccccc2F)CC1. The van der Waals surface area contributed by atoms with Crippen LogP contribution in [0.15, 0.2) is 42.5 Å². The number of carbonyl (C=O) groups excluding carboxylic acids is 1. The lowest BCUT2D eigenvalue weighted by molar-refractivity contribution is 0.0714. The Hall–Kier alpha value is -2.58. The molecular formula is C19H17ClFN3O. The molecule has 3 rings (SSSR count). The Kier molecular flexibility index (Phi) is 5.20. The molecule has 0 unspecified atom stereocenters. The van der Waals surface area contributed by atoms with Crippen molar-refractivity contribution in [1.29, 1.82) is 5.26 Å². The average molecular weight is 358 g/mol. The number of nitrogens with one attached hydrogen (secondary N) is 1. The highest BCUT2D eigenvalue weighted by atomic mass is 35.5. The van der Waals surface area contributed by atoms with Crippen LogP contribution in [-0.4, -0.2) is 29.9 Å². The number of nitriles is 1. The van der Waals surface area contributed by atoms with Gasteiger partial charge in [-0.15, -0.1) is 0 Å². The van der Waals surface area contributed by atoms with Gasteiger partial charge in [-0.3, -0.25) is 4.79 Å². The van der Waals surface area contributed by atoms with Crippen LogP contribution in [0.25, 0.3) is 0 Å². The van der Waals surface area contributed by atoms with E-state index in [1.54, 1.807) is 35.2 Å². The molecule has 0 spiro atoms. The van der Waals surface area contributed by atoms with Crippen molar-refractivity contribution in [3.8, 4) is 6.07 Å². The molecule has 1 aliphatic rings. The number of likely N-dealkylation sites (tertiary alicyclic amines) is 1. The van der Waals surface area contributed by atoms with Gasteiger partial charge < -0.3 is 10.2 Å². The second-order valence-electron chi connectivity index (χ2n) is 5.99. The fourth-order valence-electron chi connectivity index (χ4n) is 2.99. The number of carbonyl (C=O) groups is 1. The summed E-state index contributed by atoms with van der Waals surface area (Å²) in [4.78, 5) is 14.1. The molecule has 1 fully saturated rings. The third-order valence-electron chi connectivity index (χ3n) is 4.35. The second kappa shape index (κ2) is 7.54. The van der Waals surface area contributed by atoms with E-state index >= 15 is 0 Å². The molecule has 25 heavy (non-hydrogen) atoms. The van der Waals surface area contributed by atoms with E-state index in [0.717, 1.165) is 18.5 Å². The summed E-state index contributed by atoms with van der Waals surface area (Å²) < 4.78 is 13.8. The van der Waals surface area contributed by atoms with Crippen LogP contribution in [0, 0.1) is 17.1 Å².